The Morgan fingerprint density at radius 2 is 2.11 bits per heavy atom. The monoisotopic (exact) mass is 244 g/mol. The van der Waals surface area contributed by atoms with Crippen molar-refractivity contribution in [3.05, 3.63) is 30.9 Å². The minimum absolute atomic E-state index is 0.428. The lowest BCUT2D eigenvalue weighted by Crippen LogP contribution is -2.08. The number of anilines is 1. The minimum atomic E-state index is 0.428. The van der Waals surface area contributed by atoms with Crippen LogP contribution in [0, 0.1) is 5.92 Å². The topological polar surface area (TPSA) is 56.7 Å². The summed E-state index contributed by atoms with van der Waals surface area (Å²) in [6.45, 7) is 6.69. The first-order valence-corrected chi connectivity index (χ1v) is 6.31. The smallest absolute Gasteiger partial charge is 0.123 e. The summed E-state index contributed by atoms with van der Waals surface area (Å²) < 4.78 is 2.20. The summed E-state index contributed by atoms with van der Waals surface area (Å²) in [4.78, 5) is 8.28. The Bertz CT molecular complexity index is 516. The van der Waals surface area contributed by atoms with Gasteiger partial charge in [0, 0.05) is 17.8 Å². The van der Waals surface area contributed by atoms with Crippen molar-refractivity contribution in [1.82, 2.24) is 14.5 Å². The number of nitrogens with two attached hydrogens (primary N) is 1. The summed E-state index contributed by atoms with van der Waals surface area (Å²) in [5, 5.41) is 0. The summed E-state index contributed by atoms with van der Waals surface area (Å²) in [5.74, 6) is 1.20. The average molecular weight is 244 g/mol. The van der Waals surface area contributed by atoms with Crippen LogP contribution in [0.3, 0.4) is 0 Å². The number of rotatable bonds is 4. The van der Waals surface area contributed by atoms with Gasteiger partial charge in [-0.05, 0) is 31.4 Å². The molecule has 0 aliphatic rings. The number of aromatic nitrogens is 3. The second kappa shape index (κ2) is 5.21. The highest BCUT2D eigenvalue weighted by Crippen LogP contribution is 2.26. The Morgan fingerprint density at radius 1 is 1.33 bits per heavy atom. The van der Waals surface area contributed by atoms with Crippen LogP contribution < -0.4 is 5.73 Å². The van der Waals surface area contributed by atoms with Crippen molar-refractivity contribution in [2.45, 2.75) is 33.2 Å². The maximum absolute atomic E-state index is 5.73. The van der Waals surface area contributed by atoms with E-state index in [1.807, 2.05) is 24.7 Å². The van der Waals surface area contributed by atoms with Gasteiger partial charge in [-0.3, -0.25) is 0 Å². The molecule has 2 heterocycles. The van der Waals surface area contributed by atoms with E-state index in [1.165, 1.54) is 0 Å². The van der Waals surface area contributed by atoms with Gasteiger partial charge in [0.2, 0.25) is 0 Å². The highest BCUT2D eigenvalue weighted by molar-refractivity contribution is 5.61. The molecule has 0 bridgehead atoms. The maximum Gasteiger partial charge on any atom is 0.123 e. The van der Waals surface area contributed by atoms with Crippen LogP contribution in [0.25, 0.3) is 11.3 Å². The van der Waals surface area contributed by atoms with Crippen molar-refractivity contribution >= 4 is 5.82 Å². The van der Waals surface area contributed by atoms with Crippen LogP contribution in [0.4, 0.5) is 5.82 Å². The van der Waals surface area contributed by atoms with Crippen LogP contribution in [0.15, 0.2) is 30.9 Å². The van der Waals surface area contributed by atoms with Crippen LogP contribution in [-0.2, 0) is 0 Å². The number of hydrogen-bond donors (Lipinski definition) is 1. The molecule has 0 saturated heterocycles. The summed E-state index contributed by atoms with van der Waals surface area (Å²) >= 11 is 0. The van der Waals surface area contributed by atoms with E-state index in [-0.39, 0.29) is 0 Å². The third-order valence-electron chi connectivity index (χ3n) is 3.03. The molecule has 96 valence electrons. The van der Waals surface area contributed by atoms with E-state index >= 15 is 0 Å². The molecule has 2 aromatic heterocycles. The standard InChI is InChI=1S/C14H20N4/c1-10(2)6-11(3)18-9-16-8-13(18)12-4-5-17-14(15)7-12/h4-5,7-11H,6H2,1-3H3,(H2,15,17). The molecule has 2 rings (SSSR count). The van der Waals surface area contributed by atoms with E-state index < -0.39 is 0 Å². The number of pyridine rings is 1. The molecule has 2 N–H and O–H groups in total. The lowest BCUT2D eigenvalue weighted by Gasteiger charge is -2.18. The quantitative estimate of drug-likeness (QED) is 0.899. The molecular weight excluding hydrogens is 224 g/mol. The van der Waals surface area contributed by atoms with Gasteiger partial charge in [0.1, 0.15) is 5.82 Å². The third kappa shape index (κ3) is 2.70. The molecule has 0 radical (unpaired) electrons. The zero-order chi connectivity index (χ0) is 13.1. The first-order valence-electron chi connectivity index (χ1n) is 6.31. The van der Waals surface area contributed by atoms with Crippen molar-refractivity contribution in [3.63, 3.8) is 0 Å². The Kier molecular flexibility index (Phi) is 3.65. The Morgan fingerprint density at radius 3 is 2.78 bits per heavy atom. The molecular formula is C14H20N4. The molecule has 0 fully saturated rings. The zero-order valence-corrected chi connectivity index (χ0v) is 11.2. The van der Waals surface area contributed by atoms with E-state index in [0.29, 0.717) is 17.8 Å². The molecule has 2 aromatic rings. The van der Waals surface area contributed by atoms with Gasteiger partial charge >= 0.3 is 0 Å². The van der Waals surface area contributed by atoms with Crippen molar-refractivity contribution in [1.29, 1.82) is 0 Å². The molecule has 0 aliphatic heterocycles. The third-order valence-corrected chi connectivity index (χ3v) is 3.03. The summed E-state index contributed by atoms with van der Waals surface area (Å²) in [6, 6.07) is 4.28. The van der Waals surface area contributed by atoms with Gasteiger partial charge in [0.25, 0.3) is 0 Å². The Hall–Kier alpha value is -1.84. The van der Waals surface area contributed by atoms with Gasteiger partial charge in [-0.2, -0.15) is 0 Å². The average Bonchev–Trinajstić information content (AvgIpc) is 2.76. The molecule has 4 heteroatoms. The van der Waals surface area contributed by atoms with E-state index in [9.17, 15) is 0 Å². The zero-order valence-electron chi connectivity index (χ0n) is 11.2. The second-order valence-corrected chi connectivity index (χ2v) is 5.13. The molecule has 0 aromatic carbocycles. The Labute approximate surface area is 108 Å². The highest BCUT2D eigenvalue weighted by Gasteiger charge is 2.12. The lowest BCUT2D eigenvalue weighted by molar-refractivity contribution is 0.430. The van der Waals surface area contributed by atoms with E-state index in [0.717, 1.165) is 17.7 Å². The van der Waals surface area contributed by atoms with Crippen molar-refractivity contribution in [2.24, 2.45) is 5.92 Å². The number of nitrogens with zero attached hydrogens (tertiary/aromatic N) is 3. The fourth-order valence-corrected chi connectivity index (χ4v) is 2.28. The second-order valence-electron chi connectivity index (χ2n) is 5.13. The number of nitrogen functional groups attached to an aromatic ring is 1. The normalized spacial score (nSPS) is 12.9. The maximum atomic E-state index is 5.73. The van der Waals surface area contributed by atoms with E-state index in [1.54, 1.807) is 6.20 Å². The molecule has 4 nitrogen and oxygen atoms in total. The van der Waals surface area contributed by atoms with Gasteiger partial charge in [0.15, 0.2) is 0 Å². The largest absolute Gasteiger partial charge is 0.384 e. The van der Waals surface area contributed by atoms with Crippen molar-refractivity contribution < 1.29 is 0 Å². The van der Waals surface area contributed by atoms with Gasteiger partial charge in [-0.15, -0.1) is 0 Å². The summed E-state index contributed by atoms with van der Waals surface area (Å²) in [7, 11) is 0. The van der Waals surface area contributed by atoms with Crippen LogP contribution in [0.5, 0.6) is 0 Å². The van der Waals surface area contributed by atoms with Crippen LogP contribution in [0.2, 0.25) is 0 Å². The summed E-state index contributed by atoms with van der Waals surface area (Å²) in [6.07, 6.45) is 6.63. The highest BCUT2D eigenvalue weighted by atomic mass is 15.1. The molecule has 1 atom stereocenters. The lowest BCUT2D eigenvalue weighted by atomic mass is 10.0. The first kappa shape index (κ1) is 12.6. The van der Waals surface area contributed by atoms with Crippen molar-refractivity contribution in [2.75, 3.05) is 5.73 Å². The molecule has 0 saturated carbocycles. The predicted octanol–water partition coefficient (Wildman–Crippen LogP) is 3.13. The number of hydrogen-bond acceptors (Lipinski definition) is 3. The van der Waals surface area contributed by atoms with E-state index in [4.69, 9.17) is 5.73 Å². The van der Waals surface area contributed by atoms with Gasteiger partial charge in [-0.1, -0.05) is 13.8 Å². The van der Waals surface area contributed by atoms with Gasteiger partial charge in [-0.25, -0.2) is 9.97 Å². The van der Waals surface area contributed by atoms with Crippen LogP contribution in [-0.4, -0.2) is 14.5 Å². The molecule has 0 aliphatic carbocycles. The van der Waals surface area contributed by atoms with Gasteiger partial charge in [0.05, 0.1) is 18.2 Å². The van der Waals surface area contributed by atoms with Gasteiger partial charge < -0.3 is 10.3 Å². The molecule has 18 heavy (non-hydrogen) atoms. The van der Waals surface area contributed by atoms with E-state index in [2.05, 4.69) is 35.3 Å². The predicted molar refractivity (Wildman–Crippen MR) is 74.0 cm³/mol. The Balaban J connectivity index is 2.33. The fraction of sp³-hybridized carbons (Fsp3) is 0.429. The first-order chi connectivity index (χ1) is 8.58. The molecule has 1 unspecified atom stereocenters. The SMILES string of the molecule is CC(C)CC(C)n1cncc1-c1ccnc(N)c1. The fourth-order valence-electron chi connectivity index (χ4n) is 2.28. The minimum Gasteiger partial charge on any atom is -0.384 e. The van der Waals surface area contributed by atoms with Crippen molar-refractivity contribution in [3.8, 4) is 11.3 Å². The van der Waals surface area contributed by atoms with Crippen LogP contribution >= 0.6 is 0 Å². The molecule has 0 amide bonds. The molecule has 0 spiro atoms. The summed E-state index contributed by atoms with van der Waals surface area (Å²) in [5.41, 5.74) is 7.89. The van der Waals surface area contributed by atoms with Crippen LogP contribution in [0.1, 0.15) is 33.2 Å². The number of imidazole rings is 1.